The fraction of sp³-hybridized carbons (Fsp3) is 0.0870. The van der Waals surface area contributed by atoms with E-state index in [1.54, 1.807) is 6.21 Å². The molecule has 0 bridgehead atoms. The average Bonchev–Trinajstić information content (AvgIpc) is 2.73. The highest BCUT2D eigenvalue weighted by atomic mass is 35.5. The van der Waals surface area contributed by atoms with Gasteiger partial charge in [-0.1, -0.05) is 60.2 Å². The van der Waals surface area contributed by atoms with Crippen molar-refractivity contribution in [1.82, 2.24) is 5.43 Å². The Morgan fingerprint density at radius 3 is 2.43 bits per heavy atom. The predicted octanol–water partition coefficient (Wildman–Crippen LogP) is 4.84. The molecule has 3 aromatic rings. The number of phenolic OH excluding ortho intramolecular Hbond substituents is 1. The first-order valence-corrected chi connectivity index (χ1v) is 9.55. The number of allylic oxidation sites excluding steroid dienone is 1. The maximum absolute atomic E-state index is 12.2. The molecule has 0 atom stereocenters. The van der Waals surface area contributed by atoms with Gasteiger partial charge in [0.2, 0.25) is 0 Å². The number of benzene rings is 3. The van der Waals surface area contributed by atoms with Crippen LogP contribution >= 0.6 is 11.6 Å². The lowest BCUT2D eigenvalue weighted by atomic mass is 9.99. The molecule has 3 rings (SSSR count). The number of halogens is 1. The summed E-state index contributed by atoms with van der Waals surface area (Å²) < 4.78 is 0. The smallest absolute Gasteiger partial charge is 0.303 e. The van der Waals surface area contributed by atoms with E-state index in [0.717, 1.165) is 21.9 Å². The average molecular weight is 423 g/mol. The van der Waals surface area contributed by atoms with E-state index in [2.05, 4.69) is 10.5 Å². The third kappa shape index (κ3) is 5.24. The molecule has 30 heavy (non-hydrogen) atoms. The van der Waals surface area contributed by atoms with E-state index >= 15 is 0 Å². The van der Waals surface area contributed by atoms with Gasteiger partial charge in [0.05, 0.1) is 11.2 Å². The van der Waals surface area contributed by atoms with Crippen molar-refractivity contribution in [2.24, 2.45) is 5.10 Å². The monoisotopic (exact) mass is 422 g/mol. The SMILES string of the molecule is O=C(O)CC/C=C/c1ccc(/C=N/NC(=O)c2ccc(O)c(Cl)c2)c2ccccc12. The van der Waals surface area contributed by atoms with Gasteiger partial charge in [0.25, 0.3) is 5.91 Å². The summed E-state index contributed by atoms with van der Waals surface area (Å²) in [6, 6.07) is 15.7. The van der Waals surface area contributed by atoms with Crippen LogP contribution in [0.2, 0.25) is 5.02 Å². The van der Waals surface area contributed by atoms with Crippen molar-refractivity contribution in [1.29, 1.82) is 0 Å². The molecule has 0 aliphatic carbocycles. The minimum Gasteiger partial charge on any atom is -0.506 e. The zero-order chi connectivity index (χ0) is 21.5. The molecule has 0 aliphatic rings. The second-order valence-corrected chi connectivity index (χ2v) is 6.90. The summed E-state index contributed by atoms with van der Waals surface area (Å²) >= 11 is 5.83. The number of carboxylic acid groups (broad SMARTS) is 1. The lowest BCUT2D eigenvalue weighted by Crippen LogP contribution is -2.17. The van der Waals surface area contributed by atoms with Crippen LogP contribution in [0, 0.1) is 0 Å². The number of nitrogens with zero attached hydrogens (tertiary/aromatic N) is 1. The van der Waals surface area contributed by atoms with Crippen LogP contribution in [0.3, 0.4) is 0 Å². The first-order chi connectivity index (χ1) is 14.5. The molecule has 0 radical (unpaired) electrons. The molecule has 6 nitrogen and oxygen atoms in total. The molecular weight excluding hydrogens is 404 g/mol. The summed E-state index contributed by atoms with van der Waals surface area (Å²) in [5.41, 5.74) is 4.51. The summed E-state index contributed by atoms with van der Waals surface area (Å²) in [5.74, 6) is -1.37. The first kappa shape index (κ1) is 21.1. The number of phenols is 1. The maximum atomic E-state index is 12.2. The molecule has 0 unspecified atom stereocenters. The number of hydrogen-bond acceptors (Lipinski definition) is 4. The third-order valence-corrected chi connectivity index (χ3v) is 4.70. The van der Waals surface area contributed by atoms with Crippen LogP contribution in [0.4, 0.5) is 0 Å². The summed E-state index contributed by atoms with van der Waals surface area (Å²) in [5, 5.41) is 24.2. The second kappa shape index (κ2) is 9.71. The predicted molar refractivity (Wildman–Crippen MR) is 118 cm³/mol. The molecule has 0 heterocycles. The molecule has 0 aliphatic heterocycles. The number of nitrogens with one attached hydrogen (secondary N) is 1. The normalized spacial score (nSPS) is 11.4. The highest BCUT2D eigenvalue weighted by molar-refractivity contribution is 6.32. The van der Waals surface area contributed by atoms with Crippen molar-refractivity contribution < 1.29 is 19.8 Å². The number of carbonyl (C=O) groups excluding carboxylic acids is 1. The van der Waals surface area contributed by atoms with Crippen LogP contribution < -0.4 is 5.43 Å². The minimum absolute atomic E-state index is 0.0876. The number of aromatic hydroxyl groups is 1. The van der Waals surface area contributed by atoms with Crippen LogP contribution in [-0.2, 0) is 4.79 Å². The number of carbonyl (C=O) groups is 2. The van der Waals surface area contributed by atoms with Crippen molar-refractivity contribution >= 4 is 46.5 Å². The Morgan fingerprint density at radius 1 is 1.03 bits per heavy atom. The molecule has 3 aromatic carbocycles. The van der Waals surface area contributed by atoms with E-state index in [0.29, 0.717) is 6.42 Å². The summed E-state index contributed by atoms with van der Waals surface area (Å²) in [6.07, 6.45) is 5.85. The van der Waals surface area contributed by atoms with Gasteiger partial charge < -0.3 is 10.2 Å². The fourth-order valence-electron chi connectivity index (χ4n) is 2.89. The van der Waals surface area contributed by atoms with Crippen molar-refractivity contribution in [2.45, 2.75) is 12.8 Å². The van der Waals surface area contributed by atoms with Crippen molar-refractivity contribution in [3.63, 3.8) is 0 Å². The maximum Gasteiger partial charge on any atom is 0.303 e. The molecule has 152 valence electrons. The number of carboxylic acids is 1. The van der Waals surface area contributed by atoms with Crippen molar-refractivity contribution in [3.8, 4) is 5.75 Å². The van der Waals surface area contributed by atoms with Crippen LogP contribution in [0.1, 0.15) is 34.3 Å². The first-order valence-electron chi connectivity index (χ1n) is 9.17. The van der Waals surface area contributed by atoms with E-state index in [1.165, 1.54) is 18.2 Å². The Kier molecular flexibility index (Phi) is 6.83. The van der Waals surface area contributed by atoms with Gasteiger partial charge in [-0.15, -0.1) is 0 Å². The summed E-state index contributed by atoms with van der Waals surface area (Å²) in [6.45, 7) is 0. The number of hydrogen-bond donors (Lipinski definition) is 3. The zero-order valence-corrected chi connectivity index (χ0v) is 16.6. The molecule has 0 aromatic heterocycles. The van der Waals surface area contributed by atoms with E-state index in [4.69, 9.17) is 16.7 Å². The van der Waals surface area contributed by atoms with Crippen molar-refractivity contribution in [3.05, 3.63) is 82.4 Å². The molecule has 3 N–H and O–H groups in total. The molecule has 1 amide bonds. The molecule has 7 heteroatoms. The quantitative estimate of drug-likeness (QED) is 0.374. The number of aliphatic carboxylic acids is 1. The largest absolute Gasteiger partial charge is 0.506 e. The van der Waals surface area contributed by atoms with Gasteiger partial charge in [-0.3, -0.25) is 9.59 Å². The van der Waals surface area contributed by atoms with Crippen molar-refractivity contribution in [2.75, 3.05) is 0 Å². The molecule has 0 saturated heterocycles. The van der Waals surface area contributed by atoms with Crippen LogP contribution in [0.25, 0.3) is 16.8 Å². The number of rotatable bonds is 7. The Labute approximate surface area is 178 Å². The number of fused-ring (bicyclic) bond motifs is 1. The molecule has 0 saturated carbocycles. The van der Waals surface area contributed by atoms with E-state index in [9.17, 15) is 14.7 Å². The highest BCUT2D eigenvalue weighted by Gasteiger charge is 2.08. The Hall–Kier alpha value is -3.64. The Balaban J connectivity index is 1.77. The second-order valence-electron chi connectivity index (χ2n) is 6.49. The highest BCUT2D eigenvalue weighted by Crippen LogP contribution is 2.24. The molecule has 0 spiro atoms. The van der Waals surface area contributed by atoms with Crippen LogP contribution in [0.5, 0.6) is 5.75 Å². The minimum atomic E-state index is -0.826. The third-order valence-electron chi connectivity index (χ3n) is 4.39. The van der Waals surface area contributed by atoms with Gasteiger partial charge in [0.15, 0.2) is 0 Å². The van der Waals surface area contributed by atoms with Gasteiger partial charge in [-0.05, 0) is 41.0 Å². The topological polar surface area (TPSA) is 99.0 Å². The van der Waals surface area contributed by atoms with Crippen LogP contribution in [0.15, 0.2) is 65.8 Å². The number of amides is 1. The van der Waals surface area contributed by atoms with E-state index < -0.39 is 11.9 Å². The molecular formula is C23H19ClN2O4. The van der Waals surface area contributed by atoms with Gasteiger partial charge in [-0.2, -0.15) is 5.10 Å². The summed E-state index contributed by atoms with van der Waals surface area (Å²) in [4.78, 5) is 22.8. The van der Waals surface area contributed by atoms with Gasteiger partial charge >= 0.3 is 5.97 Å². The van der Waals surface area contributed by atoms with Gasteiger partial charge in [0.1, 0.15) is 5.75 Å². The molecule has 0 fully saturated rings. The van der Waals surface area contributed by atoms with E-state index in [-0.39, 0.29) is 22.8 Å². The Morgan fingerprint density at radius 2 is 1.73 bits per heavy atom. The standard InChI is InChI=1S/C23H19ClN2O4/c24-20-13-16(11-12-21(20)27)23(30)26-25-14-17-10-9-15(5-1-4-8-22(28)29)18-6-2-3-7-19(17)18/h1-3,5-7,9-14,27H,4,8H2,(H,26,30)(H,28,29)/b5-1+,25-14+. The van der Waals surface area contributed by atoms with Crippen LogP contribution in [-0.4, -0.2) is 28.3 Å². The lowest BCUT2D eigenvalue weighted by Gasteiger charge is -2.06. The van der Waals surface area contributed by atoms with Gasteiger partial charge in [0, 0.05) is 17.5 Å². The summed E-state index contributed by atoms with van der Waals surface area (Å²) in [7, 11) is 0. The zero-order valence-electron chi connectivity index (χ0n) is 15.9. The Bertz CT molecular complexity index is 1160. The van der Waals surface area contributed by atoms with E-state index in [1.807, 2.05) is 48.6 Å². The van der Waals surface area contributed by atoms with Gasteiger partial charge in [-0.25, -0.2) is 5.43 Å². The number of hydrazone groups is 1. The lowest BCUT2D eigenvalue weighted by molar-refractivity contribution is -0.136. The fourth-order valence-corrected chi connectivity index (χ4v) is 3.07.